The van der Waals surface area contributed by atoms with Crippen molar-refractivity contribution in [1.82, 2.24) is 14.7 Å². The number of aryl methyl sites for hydroxylation is 1. The summed E-state index contributed by atoms with van der Waals surface area (Å²) in [6.07, 6.45) is 2.74. The summed E-state index contributed by atoms with van der Waals surface area (Å²) in [5.41, 5.74) is 3.03. The van der Waals surface area contributed by atoms with Gasteiger partial charge in [-0.25, -0.2) is 9.18 Å². The largest absolute Gasteiger partial charge is 0.465 e. The molecule has 1 aromatic carbocycles. The third kappa shape index (κ3) is 3.86. The van der Waals surface area contributed by atoms with Crippen molar-refractivity contribution in [3.05, 3.63) is 57.1 Å². The number of halogens is 3. The Hall–Kier alpha value is -2.05. The number of nitrogens with zero attached hydrogens (tertiary/aromatic N) is 3. The monoisotopic (exact) mass is 397 g/mol. The number of carboxylic acid groups (broad SMARTS) is 1. The lowest BCUT2D eigenvalue weighted by Crippen LogP contribution is -2.26. The van der Waals surface area contributed by atoms with Crippen molar-refractivity contribution in [3.8, 4) is 0 Å². The van der Waals surface area contributed by atoms with Crippen LogP contribution in [0.2, 0.25) is 10.0 Å². The molecule has 1 N–H and O–H groups in total. The van der Waals surface area contributed by atoms with Gasteiger partial charge in [-0.1, -0.05) is 29.3 Å². The minimum absolute atomic E-state index is 0.281. The predicted octanol–water partition coefficient (Wildman–Crippen LogP) is 4.86. The van der Waals surface area contributed by atoms with Crippen molar-refractivity contribution < 1.29 is 14.3 Å². The van der Waals surface area contributed by atoms with Gasteiger partial charge in [-0.2, -0.15) is 5.10 Å². The van der Waals surface area contributed by atoms with Gasteiger partial charge in [-0.05, 0) is 42.5 Å². The molecule has 0 saturated heterocycles. The van der Waals surface area contributed by atoms with Gasteiger partial charge in [-0.15, -0.1) is 0 Å². The predicted molar refractivity (Wildman–Crippen MR) is 99.4 cm³/mol. The van der Waals surface area contributed by atoms with Crippen LogP contribution < -0.4 is 0 Å². The molecule has 0 atom stereocenters. The van der Waals surface area contributed by atoms with Crippen LogP contribution in [0, 0.1) is 0 Å². The molecule has 2 aromatic rings. The molecule has 1 heterocycles. The molecule has 0 saturated carbocycles. The van der Waals surface area contributed by atoms with Crippen molar-refractivity contribution in [3.63, 3.8) is 0 Å². The van der Waals surface area contributed by atoms with Gasteiger partial charge in [0, 0.05) is 22.7 Å². The van der Waals surface area contributed by atoms with Crippen LogP contribution in [-0.4, -0.2) is 39.5 Å². The van der Waals surface area contributed by atoms with Crippen molar-refractivity contribution in [1.29, 1.82) is 0 Å². The first-order valence-corrected chi connectivity index (χ1v) is 8.93. The third-order valence-corrected chi connectivity index (χ3v) is 5.03. The molecule has 26 heavy (non-hydrogen) atoms. The number of hydrogen-bond acceptors (Lipinski definition) is 2. The van der Waals surface area contributed by atoms with E-state index in [9.17, 15) is 9.18 Å². The highest BCUT2D eigenvalue weighted by atomic mass is 35.5. The summed E-state index contributed by atoms with van der Waals surface area (Å²) in [5.74, 6) is -0.445. The number of likely N-dealkylation sites (N-methyl/N-ethyl adjacent to an activating group) is 1. The SMILES string of the molecule is CN(C/C(F)=C1\CCCc2cnn(Cc3ccc(Cl)cc3Cl)c21)C(=O)O. The van der Waals surface area contributed by atoms with Gasteiger partial charge in [-0.3, -0.25) is 4.68 Å². The molecule has 8 heteroatoms. The molecule has 3 rings (SSSR count). The summed E-state index contributed by atoms with van der Waals surface area (Å²) in [5, 5.41) is 14.4. The lowest BCUT2D eigenvalue weighted by atomic mass is 9.92. The Labute approximate surface area is 160 Å². The first-order valence-electron chi connectivity index (χ1n) is 8.17. The van der Waals surface area contributed by atoms with Crippen LogP contribution in [-0.2, 0) is 13.0 Å². The number of fused-ring (bicyclic) bond motifs is 1. The lowest BCUT2D eigenvalue weighted by molar-refractivity contribution is 0.157. The second kappa shape index (κ2) is 7.68. The van der Waals surface area contributed by atoms with Crippen molar-refractivity contribution in [2.24, 2.45) is 0 Å². The number of rotatable bonds is 4. The molecule has 1 amide bonds. The summed E-state index contributed by atoms with van der Waals surface area (Å²) >= 11 is 12.2. The lowest BCUT2D eigenvalue weighted by Gasteiger charge is -2.21. The molecule has 0 radical (unpaired) electrons. The second-order valence-corrected chi connectivity index (χ2v) is 7.13. The zero-order valence-electron chi connectivity index (χ0n) is 14.2. The van der Waals surface area contributed by atoms with Gasteiger partial charge in [0.05, 0.1) is 25.0 Å². The Morgan fingerprint density at radius 1 is 1.38 bits per heavy atom. The minimum atomic E-state index is -1.17. The third-order valence-electron chi connectivity index (χ3n) is 4.44. The van der Waals surface area contributed by atoms with Crippen LogP contribution >= 0.6 is 23.2 Å². The Balaban J connectivity index is 1.96. The standard InChI is InChI=1S/C18H18Cl2FN3O2/c1-23(18(25)26)10-16(21)14-4-2-3-11-8-22-24(17(11)14)9-12-5-6-13(19)7-15(12)20/h5-8H,2-4,9-10H2,1H3,(H,25,26)/b16-14-. The van der Waals surface area contributed by atoms with E-state index in [0.29, 0.717) is 28.6 Å². The van der Waals surface area contributed by atoms with Crippen LogP contribution in [0.4, 0.5) is 9.18 Å². The number of benzene rings is 1. The van der Waals surface area contributed by atoms with E-state index in [0.717, 1.165) is 34.6 Å². The Kier molecular flexibility index (Phi) is 5.53. The van der Waals surface area contributed by atoms with Gasteiger partial charge in [0.15, 0.2) is 0 Å². The van der Waals surface area contributed by atoms with Gasteiger partial charge in [0.2, 0.25) is 0 Å². The summed E-state index contributed by atoms with van der Waals surface area (Å²) in [4.78, 5) is 11.9. The minimum Gasteiger partial charge on any atom is -0.465 e. The van der Waals surface area contributed by atoms with Crippen molar-refractivity contribution in [2.75, 3.05) is 13.6 Å². The molecule has 0 bridgehead atoms. The fraction of sp³-hybridized carbons (Fsp3) is 0.333. The topological polar surface area (TPSA) is 58.4 Å². The summed E-state index contributed by atoms with van der Waals surface area (Å²) in [6.45, 7) is 0.105. The van der Waals surface area contributed by atoms with Crippen LogP contribution in [0.1, 0.15) is 29.7 Å². The summed E-state index contributed by atoms with van der Waals surface area (Å²) in [6, 6.07) is 5.23. The maximum Gasteiger partial charge on any atom is 0.407 e. The zero-order chi connectivity index (χ0) is 18.8. The van der Waals surface area contributed by atoms with Crippen molar-refractivity contribution in [2.45, 2.75) is 25.8 Å². The average molecular weight is 398 g/mol. The molecule has 0 fully saturated rings. The maximum absolute atomic E-state index is 14.8. The first-order chi connectivity index (χ1) is 12.4. The second-order valence-electron chi connectivity index (χ2n) is 6.29. The molecule has 0 aliphatic heterocycles. The van der Waals surface area contributed by atoms with E-state index in [4.69, 9.17) is 28.3 Å². The highest BCUT2D eigenvalue weighted by molar-refractivity contribution is 6.35. The van der Waals surface area contributed by atoms with Crippen LogP contribution in [0.3, 0.4) is 0 Å². The number of amides is 1. The van der Waals surface area contributed by atoms with E-state index < -0.39 is 11.9 Å². The molecular formula is C18H18Cl2FN3O2. The molecule has 5 nitrogen and oxygen atoms in total. The number of allylic oxidation sites excluding steroid dienone is 1. The van der Waals surface area contributed by atoms with Gasteiger partial charge < -0.3 is 10.0 Å². The Morgan fingerprint density at radius 3 is 2.85 bits per heavy atom. The first kappa shape index (κ1) is 18.7. The van der Waals surface area contributed by atoms with Gasteiger partial charge >= 0.3 is 6.09 Å². The smallest absolute Gasteiger partial charge is 0.407 e. The quantitative estimate of drug-likeness (QED) is 0.800. The molecule has 1 aromatic heterocycles. The summed E-state index contributed by atoms with van der Waals surface area (Å²) < 4.78 is 16.5. The van der Waals surface area contributed by atoms with Gasteiger partial charge in [0.1, 0.15) is 5.83 Å². The Morgan fingerprint density at radius 2 is 2.15 bits per heavy atom. The van der Waals surface area contributed by atoms with E-state index in [2.05, 4.69) is 5.10 Å². The molecular weight excluding hydrogens is 380 g/mol. The highest BCUT2D eigenvalue weighted by Crippen LogP contribution is 2.34. The number of carbonyl (C=O) groups is 1. The average Bonchev–Trinajstić information content (AvgIpc) is 3.00. The molecule has 1 aliphatic rings. The maximum atomic E-state index is 14.8. The molecule has 0 spiro atoms. The number of hydrogen-bond donors (Lipinski definition) is 1. The van der Waals surface area contributed by atoms with Gasteiger partial charge in [0.25, 0.3) is 0 Å². The van der Waals surface area contributed by atoms with E-state index in [1.165, 1.54) is 7.05 Å². The summed E-state index contributed by atoms with van der Waals surface area (Å²) in [7, 11) is 1.34. The number of aromatic nitrogens is 2. The zero-order valence-corrected chi connectivity index (χ0v) is 15.7. The van der Waals surface area contributed by atoms with E-state index in [-0.39, 0.29) is 6.54 Å². The highest BCUT2D eigenvalue weighted by Gasteiger charge is 2.24. The molecule has 138 valence electrons. The van der Waals surface area contributed by atoms with E-state index >= 15 is 0 Å². The van der Waals surface area contributed by atoms with E-state index in [1.54, 1.807) is 23.0 Å². The van der Waals surface area contributed by atoms with E-state index in [1.807, 2.05) is 6.07 Å². The van der Waals surface area contributed by atoms with Crippen LogP contribution in [0.5, 0.6) is 0 Å². The van der Waals surface area contributed by atoms with Crippen LogP contribution in [0.25, 0.3) is 5.57 Å². The normalized spacial score (nSPS) is 15.5. The fourth-order valence-electron chi connectivity index (χ4n) is 3.10. The Bertz CT molecular complexity index is 879. The fourth-order valence-corrected chi connectivity index (χ4v) is 3.57. The molecule has 0 unspecified atom stereocenters. The van der Waals surface area contributed by atoms with Crippen LogP contribution in [0.15, 0.2) is 30.2 Å². The van der Waals surface area contributed by atoms with Crippen molar-refractivity contribution >= 4 is 34.9 Å². The molecule has 1 aliphatic carbocycles.